The molecule has 0 aromatic heterocycles. The summed E-state index contributed by atoms with van der Waals surface area (Å²) >= 11 is 0. The highest BCUT2D eigenvalue weighted by Gasteiger charge is 2.30. The summed E-state index contributed by atoms with van der Waals surface area (Å²) in [7, 11) is 0. The quantitative estimate of drug-likeness (QED) is 0.449. The minimum absolute atomic E-state index is 0.115. The summed E-state index contributed by atoms with van der Waals surface area (Å²) < 4.78 is 4.95. The third-order valence-corrected chi connectivity index (χ3v) is 3.97. The number of carbonyl (C=O) groups excluding carboxylic acids is 2. The van der Waals surface area contributed by atoms with Gasteiger partial charge in [-0.3, -0.25) is 29.8 Å². The van der Waals surface area contributed by atoms with E-state index in [1.165, 1.54) is 4.90 Å². The lowest BCUT2D eigenvalue weighted by Gasteiger charge is -2.30. The number of nitrogens with zero attached hydrogens (tertiary/aromatic N) is 3. The van der Waals surface area contributed by atoms with E-state index in [0.717, 1.165) is 18.2 Å². The van der Waals surface area contributed by atoms with Crippen molar-refractivity contribution >= 4 is 23.3 Å². The first kappa shape index (κ1) is 18.3. The lowest BCUT2D eigenvalue weighted by molar-refractivity contribution is -0.394. The van der Waals surface area contributed by atoms with Gasteiger partial charge in [-0.2, -0.15) is 0 Å². The molecule has 2 rings (SSSR count). The maximum absolute atomic E-state index is 12.5. The monoisotopic (exact) mass is 351 g/mol. The third-order valence-electron chi connectivity index (χ3n) is 3.97. The molecule has 0 bridgehead atoms. The molecule has 10 nitrogen and oxygen atoms in total. The molecule has 1 heterocycles. The smallest absolute Gasteiger partial charge is 0.309 e. The van der Waals surface area contributed by atoms with Gasteiger partial charge in [0.1, 0.15) is 0 Å². The maximum atomic E-state index is 12.5. The fourth-order valence-electron chi connectivity index (χ4n) is 2.69. The highest BCUT2D eigenvalue weighted by Crippen LogP contribution is 2.25. The summed E-state index contributed by atoms with van der Waals surface area (Å²) in [4.78, 5) is 45.9. The number of non-ortho nitro benzene ring substituents is 2. The van der Waals surface area contributed by atoms with E-state index in [-0.39, 0.29) is 37.1 Å². The number of amides is 1. The first-order valence-corrected chi connectivity index (χ1v) is 7.73. The third kappa shape index (κ3) is 4.28. The standard InChI is InChI=1S/C15H17N3O7/c1-2-25-15(20)10-3-5-16(6-4-10)14(19)11-7-12(17(21)22)9-13(8-11)18(23)24/h7-10H,2-6H2,1H3. The molecule has 10 heteroatoms. The zero-order chi connectivity index (χ0) is 18.6. The number of rotatable bonds is 5. The van der Waals surface area contributed by atoms with Crippen LogP contribution >= 0.6 is 0 Å². The highest BCUT2D eigenvalue weighted by molar-refractivity contribution is 5.95. The second-order valence-corrected chi connectivity index (χ2v) is 5.57. The molecule has 1 saturated heterocycles. The van der Waals surface area contributed by atoms with Gasteiger partial charge < -0.3 is 9.64 Å². The van der Waals surface area contributed by atoms with Gasteiger partial charge in [-0.25, -0.2) is 0 Å². The topological polar surface area (TPSA) is 133 Å². The van der Waals surface area contributed by atoms with Crippen LogP contribution in [0.2, 0.25) is 0 Å². The van der Waals surface area contributed by atoms with Gasteiger partial charge in [0, 0.05) is 25.2 Å². The average Bonchev–Trinajstić information content (AvgIpc) is 2.61. The first-order valence-electron chi connectivity index (χ1n) is 7.73. The van der Waals surface area contributed by atoms with Crippen LogP contribution in [-0.4, -0.2) is 46.3 Å². The Kier molecular flexibility index (Phi) is 5.63. The van der Waals surface area contributed by atoms with E-state index in [1.807, 2.05) is 0 Å². The van der Waals surface area contributed by atoms with Crippen LogP contribution < -0.4 is 0 Å². The van der Waals surface area contributed by atoms with Crippen molar-refractivity contribution in [2.45, 2.75) is 19.8 Å². The zero-order valence-corrected chi connectivity index (χ0v) is 13.5. The van der Waals surface area contributed by atoms with E-state index >= 15 is 0 Å². The molecule has 0 atom stereocenters. The van der Waals surface area contributed by atoms with Crippen LogP contribution in [0.5, 0.6) is 0 Å². The zero-order valence-electron chi connectivity index (χ0n) is 13.5. The fourth-order valence-corrected chi connectivity index (χ4v) is 2.69. The molecule has 1 aromatic rings. The number of nitro benzene ring substituents is 2. The van der Waals surface area contributed by atoms with Gasteiger partial charge in [-0.1, -0.05) is 0 Å². The number of piperidine rings is 1. The Morgan fingerprint density at radius 1 is 1.12 bits per heavy atom. The van der Waals surface area contributed by atoms with Crippen LogP contribution in [0, 0.1) is 26.1 Å². The number of hydrogen-bond donors (Lipinski definition) is 0. The van der Waals surface area contributed by atoms with Crippen molar-refractivity contribution in [2.75, 3.05) is 19.7 Å². The van der Waals surface area contributed by atoms with E-state index < -0.39 is 27.1 Å². The molecule has 0 aliphatic carbocycles. The van der Waals surface area contributed by atoms with Crippen LogP contribution in [0.4, 0.5) is 11.4 Å². The molecule has 134 valence electrons. The van der Waals surface area contributed by atoms with Crippen molar-refractivity contribution in [1.82, 2.24) is 4.90 Å². The molecular formula is C15H17N3O7. The van der Waals surface area contributed by atoms with Gasteiger partial charge in [0.05, 0.1) is 34.0 Å². The van der Waals surface area contributed by atoms with Crippen LogP contribution in [-0.2, 0) is 9.53 Å². The van der Waals surface area contributed by atoms with E-state index in [2.05, 4.69) is 0 Å². The van der Waals surface area contributed by atoms with E-state index in [4.69, 9.17) is 4.74 Å². The van der Waals surface area contributed by atoms with Gasteiger partial charge in [0.2, 0.25) is 0 Å². The van der Waals surface area contributed by atoms with Crippen LogP contribution in [0.3, 0.4) is 0 Å². The van der Waals surface area contributed by atoms with Crippen molar-refractivity contribution in [2.24, 2.45) is 5.92 Å². The minimum Gasteiger partial charge on any atom is -0.466 e. The van der Waals surface area contributed by atoms with E-state index in [9.17, 15) is 29.8 Å². The summed E-state index contributed by atoms with van der Waals surface area (Å²) in [6, 6.07) is 2.85. The number of esters is 1. The number of ether oxygens (including phenoxy) is 1. The summed E-state index contributed by atoms with van der Waals surface area (Å²) in [5, 5.41) is 21.8. The molecule has 1 aliphatic heterocycles. The predicted molar refractivity (Wildman–Crippen MR) is 85.0 cm³/mol. The number of benzene rings is 1. The fraction of sp³-hybridized carbons (Fsp3) is 0.467. The Hall–Kier alpha value is -3.04. The SMILES string of the molecule is CCOC(=O)C1CCN(C(=O)c2cc([N+](=O)[O-])cc([N+](=O)[O-])c2)CC1. The molecule has 1 aliphatic rings. The normalized spacial score (nSPS) is 14.8. The maximum Gasteiger partial charge on any atom is 0.309 e. The van der Waals surface area contributed by atoms with Gasteiger partial charge in [-0.15, -0.1) is 0 Å². The van der Waals surface area contributed by atoms with Crippen molar-refractivity contribution < 1.29 is 24.2 Å². The number of carbonyl (C=O) groups is 2. The van der Waals surface area contributed by atoms with Crippen molar-refractivity contribution in [3.63, 3.8) is 0 Å². The lowest BCUT2D eigenvalue weighted by Crippen LogP contribution is -2.40. The summed E-state index contributed by atoms with van der Waals surface area (Å²) in [6.45, 7) is 2.55. The molecule has 0 unspecified atom stereocenters. The average molecular weight is 351 g/mol. The van der Waals surface area contributed by atoms with E-state index in [1.54, 1.807) is 6.92 Å². The molecule has 1 aromatic carbocycles. The van der Waals surface area contributed by atoms with Gasteiger partial charge in [0.15, 0.2) is 0 Å². The van der Waals surface area contributed by atoms with Gasteiger partial charge >= 0.3 is 5.97 Å². The van der Waals surface area contributed by atoms with Crippen molar-refractivity contribution in [3.05, 3.63) is 44.0 Å². The molecule has 1 amide bonds. The van der Waals surface area contributed by atoms with Gasteiger partial charge in [0.25, 0.3) is 17.3 Å². The Morgan fingerprint density at radius 2 is 1.64 bits per heavy atom. The largest absolute Gasteiger partial charge is 0.466 e. The Morgan fingerprint density at radius 3 is 2.08 bits per heavy atom. The number of likely N-dealkylation sites (tertiary alicyclic amines) is 1. The number of nitro groups is 2. The number of hydrogen-bond acceptors (Lipinski definition) is 7. The minimum atomic E-state index is -0.781. The Labute approximate surface area is 142 Å². The molecule has 25 heavy (non-hydrogen) atoms. The molecule has 1 fully saturated rings. The first-order chi connectivity index (χ1) is 11.8. The lowest BCUT2D eigenvalue weighted by atomic mass is 9.96. The second kappa shape index (κ2) is 7.69. The molecule has 0 saturated carbocycles. The molecular weight excluding hydrogens is 334 g/mol. The summed E-state index contributed by atoms with van der Waals surface area (Å²) in [5.74, 6) is -1.13. The van der Waals surface area contributed by atoms with E-state index in [0.29, 0.717) is 12.8 Å². The summed E-state index contributed by atoms with van der Waals surface area (Å²) in [5.41, 5.74) is -1.14. The Bertz CT molecular complexity index is 679. The van der Waals surface area contributed by atoms with Gasteiger partial charge in [-0.05, 0) is 19.8 Å². The van der Waals surface area contributed by atoms with Crippen molar-refractivity contribution in [3.8, 4) is 0 Å². The Balaban J connectivity index is 2.15. The molecule has 0 radical (unpaired) electrons. The van der Waals surface area contributed by atoms with Crippen LogP contribution in [0.1, 0.15) is 30.1 Å². The summed E-state index contributed by atoms with van der Waals surface area (Å²) in [6.07, 6.45) is 0.836. The van der Waals surface area contributed by atoms with Crippen LogP contribution in [0.15, 0.2) is 18.2 Å². The predicted octanol–water partition coefficient (Wildman–Crippen LogP) is 1.92. The van der Waals surface area contributed by atoms with Crippen LogP contribution in [0.25, 0.3) is 0 Å². The van der Waals surface area contributed by atoms with Crippen molar-refractivity contribution in [1.29, 1.82) is 0 Å². The highest BCUT2D eigenvalue weighted by atomic mass is 16.6. The molecule has 0 N–H and O–H groups in total. The molecule has 0 spiro atoms. The second-order valence-electron chi connectivity index (χ2n) is 5.57.